The van der Waals surface area contributed by atoms with Gasteiger partial charge in [0.2, 0.25) is 11.9 Å². The summed E-state index contributed by atoms with van der Waals surface area (Å²) in [7, 11) is 1.64. The number of ether oxygens (including phenoxy) is 1. The highest BCUT2D eigenvalue weighted by Crippen LogP contribution is 2.38. The predicted molar refractivity (Wildman–Crippen MR) is 116 cm³/mol. The lowest BCUT2D eigenvalue weighted by Gasteiger charge is -2.31. The van der Waals surface area contributed by atoms with Crippen LogP contribution in [0, 0.1) is 0 Å². The van der Waals surface area contributed by atoms with Gasteiger partial charge in [0.1, 0.15) is 5.75 Å². The predicted octanol–water partition coefficient (Wildman–Crippen LogP) is 2.29. The van der Waals surface area contributed by atoms with E-state index in [4.69, 9.17) is 4.74 Å². The standard InChI is InChI=1S/C23H25N5O4/c1-32-17-12-10-15(11-13-17)18-14-19(16-6-3-2-4-7-16)28-23(24-18)26-22(27-28)25-20(29)8-5-9-21(30)31/h2-4,6-7,10-13,18-19H,5,8-9,14H2,1H3,(H,30,31)(H2,24,25,26,27,29)/p-1/t18-,19-/m0/s1. The summed E-state index contributed by atoms with van der Waals surface area (Å²) in [4.78, 5) is 27.2. The van der Waals surface area contributed by atoms with Crippen molar-refractivity contribution in [2.75, 3.05) is 17.7 Å². The average molecular weight is 434 g/mol. The number of aliphatic carboxylic acids is 1. The van der Waals surface area contributed by atoms with Crippen LogP contribution in [0.4, 0.5) is 11.9 Å². The molecule has 2 heterocycles. The summed E-state index contributed by atoms with van der Waals surface area (Å²) in [5.74, 6) is 0.0132. The van der Waals surface area contributed by atoms with Gasteiger partial charge in [-0.3, -0.25) is 10.1 Å². The first-order chi connectivity index (χ1) is 15.5. The summed E-state index contributed by atoms with van der Waals surface area (Å²) in [5.41, 5.74) is 2.18. The zero-order valence-corrected chi connectivity index (χ0v) is 17.7. The van der Waals surface area contributed by atoms with Crippen molar-refractivity contribution >= 4 is 23.8 Å². The van der Waals surface area contributed by atoms with Gasteiger partial charge in [-0.1, -0.05) is 42.5 Å². The molecule has 1 aliphatic heterocycles. The third kappa shape index (κ3) is 4.88. The Morgan fingerprint density at radius 1 is 1.12 bits per heavy atom. The molecule has 0 aliphatic carbocycles. The minimum Gasteiger partial charge on any atom is -0.550 e. The van der Waals surface area contributed by atoms with Crippen LogP contribution in [-0.4, -0.2) is 33.8 Å². The van der Waals surface area contributed by atoms with Crippen LogP contribution in [0.5, 0.6) is 5.75 Å². The Morgan fingerprint density at radius 3 is 2.56 bits per heavy atom. The number of carboxylic acid groups (broad SMARTS) is 1. The second-order valence-electron chi connectivity index (χ2n) is 7.61. The number of nitrogens with zero attached hydrogens (tertiary/aromatic N) is 3. The third-order valence-electron chi connectivity index (χ3n) is 5.43. The number of nitrogens with one attached hydrogen (secondary N) is 2. The fourth-order valence-electron chi connectivity index (χ4n) is 3.82. The molecule has 0 saturated carbocycles. The molecule has 0 saturated heterocycles. The quantitative estimate of drug-likeness (QED) is 0.558. The molecule has 32 heavy (non-hydrogen) atoms. The van der Waals surface area contributed by atoms with Crippen molar-refractivity contribution < 1.29 is 19.4 Å². The highest BCUT2D eigenvalue weighted by Gasteiger charge is 2.31. The summed E-state index contributed by atoms with van der Waals surface area (Å²) in [6.45, 7) is 0. The van der Waals surface area contributed by atoms with E-state index in [1.807, 2.05) is 54.6 Å². The molecule has 1 amide bonds. The van der Waals surface area contributed by atoms with Gasteiger partial charge in [-0.25, -0.2) is 4.68 Å². The number of hydrogen-bond acceptors (Lipinski definition) is 7. The fourth-order valence-corrected chi connectivity index (χ4v) is 3.82. The molecule has 3 aromatic rings. The summed E-state index contributed by atoms with van der Waals surface area (Å²) >= 11 is 0. The number of amides is 1. The second-order valence-corrected chi connectivity index (χ2v) is 7.61. The summed E-state index contributed by atoms with van der Waals surface area (Å²) in [6.07, 6.45) is 0.835. The number of anilines is 2. The van der Waals surface area contributed by atoms with E-state index >= 15 is 0 Å². The number of carbonyl (C=O) groups is 2. The van der Waals surface area contributed by atoms with E-state index in [9.17, 15) is 14.7 Å². The summed E-state index contributed by atoms with van der Waals surface area (Å²) in [5, 5.41) is 21.1. The Balaban J connectivity index is 1.57. The number of benzene rings is 2. The molecule has 2 N–H and O–H groups in total. The monoisotopic (exact) mass is 434 g/mol. The van der Waals surface area contributed by atoms with Crippen molar-refractivity contribution in [3.63, 3.8) is 0 Å². The van der Waals surface area contributed by atoms with Crippen LogP contribution >= 0.6 is 0 Å². The van der Waals surface area contributed by atoms with Gasteiger partial charge in [0.25, 0.3) is 5.95 Å². The van der Waals surface area contributed by atoms with Crippen LogP contribution in [0.3, 0.4) is 0 Å². The molecule has 1 aliphatic rings. The van der Waals surface area contributed by atoms with E-state index in [1.54, 1.807) is 11.8 Å². The van der Waals surface area contributed by atoms with Gasteiger partial charge in [0, 0.05) is 12.4 Å². The van der Waals surface area contributed by atoms with Crippen molar-refractivity contribution in [1.82, 2.24) is 14.8 Å². The molecule has 0 fully saturated rings. The molecule has 0 radical (unpaired) electrons. The average Bonchev–Trinajstić information content (AvgIpc) is 3.21. The fraction of sp³-hybridized carbons (Fsp3) is 0.304. The zero-order valence-electron chi connectivity index (χ0n) is 17.7. The number of carbonyl (C=O) groups excluding carboxylic acids is 2. The van der Waals surface area contributed by atoms with Gasteiger partial charge in [-0.15, -0.1) is 5.10 Å². The topological polar surface area (TPSA) is 121 Å². The van der Waals surface area contributed by atoms with Gasteiger partial charge in [0.05, 0.1) is 19.2 Å². The van der Waals surface area contributed by atoms with Crippen molar-refractivity contribution in [2.45, 2.75) is 37.8 Å². The number of rotatable bonds is 8. The number of methoxy groups -OCH3 is 1. The van der Waals surface area contributed by atoms with E-state index in [1.165, 1.54) is 0 Å². The highest BCUT2D eigenvalue weighted by molar-refractivity contribution is 5.89. The van der Waals surface area contributed by atoms with E-state index in [0.717, 1.165) is 23.3 Å². The first-order valence-electron chi connectivity index (χ1n) is 10.4. The lowest BCUT2D eigenvalue weighted by molar-refractivity contribution is -0.305. The van der Waals surface area contributed by atoms with Gasteiger partial charge in [0.15, 0.2) is 0 Å². The van der Waals surface area contributed by atoms with Crippen molar-refractivity contribution in [2.24, 2.45) is 0 Å². The summed E-state index contributed by atoms with van der Waals surface area (Å²) in [6, 6.07) is 17.8. The van der Waals surface area contributed by atoms with Crippen LogP contribution in [0.2, 0.25) is 0 Å². The van der Waals surface area contributed by atoms with E-state index in [0.29, 0.717) is 5.95 Å². The van der Waals surface area contributed by atoms with Crippen LogP contribution < -0.4 is 20.5 Å². The molecule has 4 rings (SSSR count). The molecule has 2 aromatic carbocycles. The minimum atomic E-state index is -1.17. The van der Waals surface area contributed by atoms with Gasteiger partial charge >= 0.3 is 0 Å². The molecular formula is C23H24N5O4-. The first kappa shape index (κ1) is 21.4. The van der Waals surface area contributed by atoms with Crippen molar-refractivity contribution in [3.8, 4) is 5.75 Å². The molecular weight excluding hydrogens is 410 g/mol. The molecule has 2 atom stereocenters. The van der Waals surface area contributed by atoms with Gasteiger partial charge in [-0.2, -0.15) is 4.98 Å². The van der Waals surface area contributed by atoms with Crippen LogP contribution in [0.25, 0.3) is 0 Å². The third-order valence-corrected chi connectivity index (χ3v) is 5.43. The zero-order chi connectivity index (χ0) is 22.5. The molecule has 1 aromatic heterocycles. The number of carboxylic acids is 1. The molecule has 9 nitrogen and oxygen atoms in total. The maximum atomic E-state index is 12.2. The largest absolute Gasteiger partial charge is 0.550 e. The Bertz CT molecular complexity index is 1080. The smallest absolute Gasteiger partial charge is 0.250 e. The molecule has 0 unspecified atom stereocenters. The Labute approximate surface area is 185 Å². The summed E-state index contributed by atoms with van der Waals surface area (Å²) < 4.78 is 7.05. The number of aromatic nitrogens is 3. The Morgan fingerprint density at radius 2 is 1.88 bits per heavy atom. The van der Waals surface area contributed by atoms with Crippen LogP contribution in [-0.2, 0) is 9.59 Å². The lowest BCUT2D eigenvalue weighted by Crippen LogP contribution is -2.28. The first-order valence-corrected chi connectivity index (χ1v) is 10.4. The Kier molecular flexibility index (Phi) is 6.34. The van der Waals surface area contributed by atoms with Crippen molar-refractivity contribution in [3.05, 3.63) is 65.7 Å². The number of hydrogen-bond donors (Lipinski definition) is 2. The molecule has 0 spiro atoms. The lowest BCUT2D eigenvalue weighted by atomic mass is 9.93. The minimum absolute atomic E-state index is 0.00516. The van der Waals surface area contributed by atoms with E-state index < -0.39 is 5.97 Å². The molecule has 9 heteroatoms. The van der Waals surface area contributed by atoms with Crippen molar-refractivity contribution in [1.29, 1.82) is 0 Å². The van der Waals surface area contributed by atoms with Gasteiger partial charge < -0.3 is 20.0 Å². The second kappa shape index (κ2) is 9.51. The SMILES string of the molecule is COc1ccc([C@@H]2C[C@@H](c3ccccc3)n3nc(NC(=O)CCCC(=O)[O-])nc3N2)cc1. The molecule has 0 bridgehead atoms. The maximum absolute atomic E-state index is 12.2. The van der Waals surface area contributed by atoms with Crippen LogP contribution in [0.1, 0.15) is 48.9 Å². The van der Waals surface area contributed by atoms with Gasteiger partial charge in [-0.05, 0) is 42.5 Å². The maximum Gasteiger partial charge on any atom is 0.250 e. The number of fused-ring (bicyclic) bond motifs is 1. The Hall–Kier alpha value is -3.88. The normalized spacial score (nSPS) is 17.2. The van der Waals surface area contributed by atoms with Crippen LogP contribution in [0.15, 0.2) is 54.6 Å². The van der Waals surface area contributed by atoms with E-state index in [-0.39, 0.29) is 43.2 Å². The highest BCUT2D eigenvalue weighted by atomic mass is 16.5. The van der Waals surface area contributed by atoms with E-state index in [2.05, 4.69) is 20.7 Å². The molecule has 166 valence electrons.